The Bertz CT molecular complexity index is 353. The summed E-state index contributed by atoms with van der Waals surface area (Å²) in [5, 5.41) is 0. The van der Waals surface area contributed by atoms with E-state index >= 15 is 0 Å². The Morgan fingerprint density at radius 1 is 1.11 bits per heavy atom. The molecule has 1 aliphatic rings. The van der Waals surface area contributed by atoms with Crippen molar-refractivity contribution < 1.29 is 0 Å². The number of rotatable bonds is 4. The number of hydrogen-bond donors (Lipinski definition) is 2. The topological polar surface area (TPSA) is 38.0 Å². The smallest absolute Gasteiger partial charge is 0.0330 e. The molecule has 0 spiro atoms. The summed E-state index contributed by atoms with van der Waals surface area (Å²) in [6.45, 7) is 4.61. The van der Waals surface area contributed by atoms with Crippen molar-refractivity contribution in [1.82, 2.24) is 5.43 Å². The van der Waals surface area contributed by atoms with E-state index in [0.717, 1.165) is 0 Å². The number of nitrogens with one attached hydrogen (secondary N) is 1. The van der Waals surface area contributed by atoms with Crippen molar-refractivity contribution in [2.45, 2.75) is 57.4 Å². The highest BCUT2D eigenvalue weighted by Crippen LogP contribution is 2.36. The Hall–Kier alpha value is -0.860. The van der Waals surface area contributed by atoms with Crippen LogP contribution in [-0.4, -0.2) is 6.04 Å². The van der Waals surface area contributed by atoms with Crippen LogP contribution in [0.2, 0.25) is 0 Å². The molecule has 100 valence electrons. The summed E-state index contributed by atoms with van der Waals surface area (Å²) in [7, 11) is 0. The summed E-state index contributed by atoms with van der Waals surface area (Å²) in [6, 6.07) is 11.1. The molecule has 0 aromatic heterocycles. The zero-order valence-electron chi connectivity index (χ0n) is 11.7. The number of hydrogen-bond acceptors (Lipinski definition) is 2. The summed E-state index contributed by atoms with van der Waals surface area (Å²) in [5.41, 5.74) is 4.57. The van der Waals surface area contributed by atoms with E-state index in [1.807, 2.05) is 0 Å². The summed E-state index contributed by atoms with van der Waals surface area (Å²) in [4.78, 5) is 0. The van der Waals surface area contributed by atoms with Crippen LogP contribution >= 0.6 is 0 Å². The lowest BCUT2D eigenvalue weighted by atomic mass is 9.69. The Balaban J connectivity index is 2.19. The largest absolute Gasteiger partial charge is 0.271 e. The molecule has 2 nitrogen and oxygen atoms in total. The summed E-state index contributed by atoms with van der Waals surface area (Å²) in [6.07, 6.45) is 6.72. The minimum Gasteiger partial charge on any atom is -0.271 e. The van der Waals surface area contributed by atoms with Crippen LogP contribution in [0.5, 0.6) is 0 Å². The maximum atomic E-state index is 5.88. The fourth-order valence-corrected chi connectivity index (χ4v) is 3.45. The number of benzene rings is 1. The lowest BCUT2D eigenvalue weighted by molar-refractivity contribution is 0.198. The summed E-state index contributed by atoms with van der Waals surface area (Å²) >= 11 is 0. The zero-order chi connectivity index (χ0) is 13.0. The highest BCUT2D eigenvalue weighted by molar-refractivity contribution is 5.26. The molecule has 3 N–H and O–H groups in total. The van der Waals surface area contributed by atoms with Crippen LogP contribution in [0.4, 0.5) is 0 Å². The van der Waals surface area contributed by atoms with E-state index in [1.54, 1.807) is 0 Å². The van der Waals surface area contributed by atoms with Gasteiger partial charge in [-0.3, -0.25) is 11.3 Å². The molecule has 2 heteroatoms. The third kappa shape index (κ3) is 2.76. The minimum absolute atomic E-state index is 0.0814. The van der Waals surface area contributed by atoms with Gasteiger partial charge in [-0.1, -0.05) is 63.4 Å². The second-order valence-corrected chi connectivity index (χ2v) is 6.13. The number of nitrogens with two attached hydrogens (primary N) is 1. The minimum atomic E-state index is 0.0814. The molecule has 1 fully saturated rings. The second kappa shape index (κ2) is 5.85. The van der Waals surface area contributed by atoms with E-state index < -0.39 is 0 Å². The van der Waals surface area contributed by atoms with Crippen molar-refractivity contribution in [3.63, 3.8) is 0 Å². The molecule has 1 atom stereocenters. The molecule has 18 heavy (non-hydrogen) atoms. The first-order chi connectivity index (χ1) is 8.66. The molecule has 1 aliphatic carbocycles. The predicted molar refractivity (Wildman–Crippen MR) is 77.2 cm³/mol. The molecule has 1 unspecified atom stereocenters. The van der Waals surface area contributed by atoms with Crippen molar-refractivity contribution in [3.8, 4) is 0 Å². The van der Waals surface area contributed by atoms with Gasteiger partial charge in [-0.05, 0) is 24.3 Å². The SMILES string of the molecule is CC(C)(c1ccccc1)C(NN)C1CCCCC1. The first kappa shape index (κ1) is 13.6. The molecular formula is C16H26N2. The normalized spacial score (nSPS) is 19.7. The molecule has 0 bridgehead atoms. The second-order valence-electron chi connectivity index (χ2n) is 6.13. The third-order valence-electron chi connectivity index (χ3n) is 4.60. The van der Waals surface area contributed by atoms with Gasteiger partial charge in [0.05, 0.1) is 0 Å². The van der Waals surface area contributed by atoms with E-state index in [9.17, 15) is 0 Å². The van der Waals surface area contributed by atoms with E-state index in [-0.39, 0.29) is 5.41 Å². The predicted octanol–water partition coefficient (Wildman–Crippen LogP) is 3.38. The van der Waals surface area contributed by atoms with Gasteiger partial charge in [0.15, 0.2) is 0 Å². The monoisotopic (exact) mass is 246 g/mol. The highest BCUT2D eigenvalue weighted by Gasteiger charge is 2.36. The van der Waals surface area contributed by atoms with Gasteiger partial charge in [0.2, 0.25) is 0 Å². The number of hydrazine groups is 1. The van der Waals surface area contributed by atoms with Crippen LogP contribution < -0.4 is 11.3 Å². The van der Waals surface area contributed by atoms with Gasteiger partial charge in [-0.25, -0.2) is 0 Å². The lowest BCUT2D eigenvalue weighted by Gasteiger charge is -2.41. The fourth-order valence-electron chi connectivity index (χ4n) is 3.45. The Morgan fingerprint density at radius 3 is 2.28 bits per heavy atom. The maximum absolute atomic E-state index is 5.88. The van der Waals surface area contributed by atoms with Gasteiger partial charge in [-0.15, -0.1) is 0 Å². The van der Waals surface area contributed by atoms with Gasteiger partial charge in [0, 0.05) is 11.5 Å². The first-order valence-corrected chi connectivity index (χ1v) is 7.18. The highest BCUT2D eigenvalue weighted by atomic mass is 15.2. The molecular weight excluding hydrogens is 220 g/mol. The van der Waals surface area contributed by atoms with Gasteiger partial charge < -0.3 is 0 Å². The average Bonchev–Trinajstić information content (AvgIpc) is 2.41. The van der Waals surface area contributed by atoms with Crippen LogP contribution in [0.1, 0.15) is 51.5 Å². The zero-order valence-corrected chi connectivity index (χ0v) is 11.7. The average molecular weight is 246 g/mol. The molecule has 0 aliphatic heterocycles. The molecule has 0 radical (unpaired) electrons. The van der Waals surface area contributed by atoms with E-state index in [0.29, 0.717) is 12.0 Å². The standard InChI is InChI=1S/C16H26N2/c1-16(2,14-11-7-4-8-12-14)15(18-17)13-9-5-3-6-10-13/h4,7-8,11-13,15,18H,3,5-6,9-10,17H2,1-2H3. The first-order valence-electron chi connectivity index (χ1n) is 7.18. The fraction of sp³-hybridized carbons (Fsp3) is 0.625. The van der Waals surface area contributed by atoms with Crippen molar-refractivity contribution >= 4 is 0 Å². The van der Waals surface area contributed by atoms with Gasteiger partial charge >= 0.3 is 0 Å². The van der Waals surface area contributed by atoms with Crippen molar-refractivity contribution in [3.05, 3.63) is 35.9 Å². The van der Waals surface area contributed by atoms with E-state index in [2.05, 4.69) is 49.6 Å². The van der Waals surface area contributed by atoms with Crippen LogP contribution in [0.3, 0.4) is 0 Å². The molecule has 0 heterocycles. The third-order valence-corrected chi connectivity index (χ3v) is 4.60. The van der Waals surface area contributed by atoms with Crippen molar-refractivity contribution in [1.29, 1.82) is 0 Å². The Kier molecular flexibility index (Phi) is 4.41. The Morgan fingerprint density at radius 2 is 1.72 bits per heavy atom. The van der Waals surface area contributed by atoms with Crippen LogP contribution in [0.25, 0.3) is 0 Å². The van der Waals surface area contributed by atoms with Crippen molar-refractivity contribution in [2.24, 2.45) is 11.8 Å². The molecule has 1 aromatic carbocycles. The van der Waals surface area contributed by atoms with E-state index in [4.69, 9.17) is 5.84 Å². The molecule has 0 amide bonds. The molecule has 1 saturated carbocycles. The van der Waals surface area contributed by atoms with Crippen LogP contribution in [0.15, 0.2) is 30.3 Å². The van der Waals surface area contributed by atoms with Gasteiger partial charge in [0.25, 0.3) is 0 Å². The van der Waals surface area contributed by atoms with E-state index in [1.165, 1.54) is 37.7 Å². The van der Waals surface area contributed by atoms with Gasteiger partial charge in [0.1, 0.15) is 0 Å². The quantitative estimate of drug-likeness (QED) is 0.631. The molecule has 1 aromatic rings. The Labute approximate surface area is 111 Å². The molecule has 0 saturated heterocycles. The maximum Gasteiger partial charge on any atom is 0.0330 e. The summed E-state index contributed by atoms with van der Waals surface area (Å²) < 4.78 is 0. The van der Waals surface area contributed by atoms with Crippen LogP contribution in [-0.2, 0) is 5.41 Å². The summed E-state index contributed by atoms with van der Waals surface area (Å²) in [5.74, 6) is 6.58. The van der Waals surface area contributed by atoms with Crippen LogP contribution in [0, 0.1) is 5.92 Å². The molecule has 2 rings (SSSR count). The lowest BCUT2D eigenvalue weighted by Crippen LogP contribution is -2.53. The van der Waals surface area contributed by atoms with Crippen molar-refractivity contribution in [2.75, 3.05) is 0 Å². The van der Waals surface area contributed by atoms with Gasteiger partial charge in [-0.2, -0.15) is 0 Å².